The van der Waals surface area contributed by atoms with Gasteiger partial charge in [-0.15, -0.1) is 0 Å². The second kappa shape index (κ2) is 4.99. The van der Waals surface area contributed by atoms with Crippen molar-refractivity contribution in [2.75, 3.05) is 0 Å². The first-order chi connectivity index (χ1) is 8.38. The predicted molar refractivity (Wildman–Crippen MR) is 60.8 cm³/mol. The molecule has 1 radical (unpaired) electrons. The molecule has 0 heterocycles. The Morgan fingerprint density at radius 2 is 1.39 bits per heavy atom. The van der Waals surface area contributed by atoms with Crippen molar-refractivity contribution >= 4 is 23.1 Å². The number of hydrogen-bond acceptors (Lipinski definition) is 6. The van der Waals surface area contributed by atoms with Gasteiger partial charge in [0.25, 0.3) is 0 Å². The quantitative estimate of drug-likeness (QED) is 0.596. The average molecular weight is 252 g/mol. The van der Waals surface area contributed by atoms with E-state index in [0.29, 0.717) is 0 Å². The molecule has 0 aliphatic rings. The van der Waals surface area contributed by atoms with Gasteiger partial charge in [-0.3, -0.25) is 30.3 Å². The van der Waals surface area contributed by atoms with Gasteiger partial charge >= 0.3 is 17.1 Å². The molecule has 18 heavy (non-hydrogen) atoms. The molecule has 0 fully saturated rings. The molecule has 0 aliphatic carbocycles. The summed E-state index contributed by atoms with van der Waals surface area (Å²) in [7, 11) is 0. The molecular formula is C9H6N3O6. The van der Waals surface area contributed by atoms with E-state index in [4.69, 9.17) is 0 Å². The molecule has 0 N–H and O–H groups in total. The predicted octanol–water partition coefficient (Wildman–Crippen LogP) is 2.26. The van der Waals surface area contributed by atoms with Crippen LogP contribution in [0.25, 0.3) is 6.08 Å². The van der Waals surface area contributed by atoms with E-state index in [2.05, 4.69) is 6.92 Å². The summed E-state index contributed by atoms with van der Waals surface area (Å²) in [5, 5.41) is 32.1. The van der Waals surface area contributed by atoms with Gasteiger partial charge in [0.1, 0.15) is 0 Å². The molecule has 0 bridgehead atoms. The Labute approximate surface area is 99.8 Å². The van der Waals surface area contributed by atoms with Gasteiger partial charge in [0.15, 0.2) is 0 Å². The molecule has 1 aromatic carbocycles. The van der Waals surface area contributed by atoms with Crippen LogP contribution in [0.2, 0.25) is 0 Å². The maximum Gasteiger partial charge on any atom is 0.422 e. The summed E-state index contributed by atoms with van der Waals surface area (Å²) in [6.45, 7) is 3.33. The number of allylic oxidation sites excluding steroid dienone is 1. The highest BCUT2D eigenvalue weighted by molar-refractivity contribution is 5.71. The smallest absolute Gasteiger partial charge is 0.258 e. The molecular weight excluding hydrogens is 246 g/mol. The van der Waals surface area contributed by atoms with E-state index < -0.39 is 31.8 Å². The minimum Gasteiger partial charge on any atom is -0.258 e. The normalized spacial score (nSPS) is 10.5. The first kappa shape index (κ1) is 13.2. The van der Waals surface area contributed by atoms with Crippen molar-refractivity contribution in [1.82, 2.24) is 0 Å². The van der Waals surface area contributed by atoms with Crippen molar-refractivity contribution in [1.29, 1.82) is 0 Å². The monoisotopic (exact) mass is 252 g/mol. The lowest BCUT2D eigenvalue weighted by atomic mass is 10.1. The number of nitrogens with zero attached hydrogens (tertiary/aromatic N) is 3. The van der Waals surface area contributed by atoms with Crippen LogP contribution in [0, 0.1) is 37.3 Å². The molecule has 0 aromatic heterocycles. The molecule has 9 nitrogen and oxygen atoms in total. The number of nitro benzene ring substituents is 3. The number of nitro groups is 3. The highest BCUT2D eigenvalue weighted by atomic mass is 16.6. The summed E-state index contributed by atoms with van der Waals surface area (Å²) in [6, 6.07) is 1.76. The Balaban J connectivity index is 3.70. The zero-order valence-electron chi connectivity index (χ0n) is 8.81. The van der Waals surface area contributed by atoms with E-state index in [1.807, 2.05) is 0 Å². The fourth-order valence-electron chi connectivity index (χ4n) is 1.32. The highest BCUT2D eigenvalue weighted by Crippen LogP contribution is 2.37. The molecule has 93 valence electrons. The second-order valence-corrected chi connectivity index (χ2v) is 3.08. The fourth-order valence-corrected chi connectivity index (χ4v) is 1.32. The SMILES string of the molecule is [CH2]/C=C/c1cc([N+](=O)[O-])c([N+](=O)[O-])c([N+](=O)[O-])c1. The summed E-state index contributed by atoms with van der Waals surface area (Å²) >= 11 is 0. The van der Waals surface area contributed by atoms with E-state index in [1.54, 1.807) is 0 Å². The largest absolute Gasteiger partial charge is 0.422 e. The van der Waals surface area contributed by atoms with E-state index in [0.717, 1.165) is 12.1 Å². The lowest BCUT2D eigenvalue weighted by Crippen LogP contribution is -2.02. The average Bonchev–Trinajstić information content (AvgIpc) is 2.27. The standard InChI is InChI=1S/C9H6N3O6/c1-2-3-6-4-7(10(13)14)9(12(17)18)8(5-6)11(15)16/h2-5H,1H2/b3-2+. The Morgan fingerprint density at radius 1 is 0.944 bits per heavy atom. The second-order valence-electron chi connectivity index (χ2n) is 3.08. The zero-order valence-corrected chi connectivity index (χ0v) is 8.81. The molecule has 0 aliphatic heterocycles. The number of hydrogen-bond donors (Lipinski definition) is 0. The first-order valence-corrected chi connectivity index (χ1v) is 4.45. The molecule has 0 saturated heterocycles. The van der Waals surface area contributed by atoms with Crippen molar-refractivity contribution in [3.8, 4) is 0 Å². The fraction of sp³-hybridized carbons (Fsp3) is 0. The van der Waals surface area contributed by atoms with E-state index in [1.165, 1.54) is 12.2 Å². The number of rotatable bonds is 4. The molecule has 0 saturated carbocycles. The van der Waals surface area contributed by atoms with Gasteiger partial charge in [0, 0.05) is 12.1 Å². The maximum atomic E-state index is 10.7. The van der Waals surface area contributed by atoms with Crippen molar-refractivity contribution in [2.24, 2.45) is 0 Å². The Bertz CT molecular complexity index is 530. The van der Waals surface area contributed by atoms with Crippen LogP contribution in [-0.4, -0.2) is 14.8 Å². The van der Waals surface area contributed by atoms with Crippen molar-refractivity contribution in [3.05, 3.63) is 61.0 Å². The molecule has 0 amide bonds. The van der Waals surface area contributed by atoms with Crippen LogP contribution >= 0.6 is 0 Å². The summed E-state index contributed by atoms with van der Waals surface area (Å²) in [4.78, 5) is 28.9. The Kier molecular flexibility index (Phi) is 3.67. The van der Waals surface area contributed by atoms with Gasteiger partial charge in [-0.25, -0.2) is 0 Å². The van der Waals surface area contributed by atoms with E-state index in [9.17, 15) is 30.3 Å². The molecule has 0 spiro atoms. The van der Waals surface area contributed by atoms with Gasteiger partial charge in [0.05, 0.1) is 14.8 Å². The van der Waals surface area contributed by atoms with Gasteiger partial charge in [-0.1, -0.05) is 12.2 Å². The van der Waals surface area contributed by atoms with Crippen LogP contribution in [0.1, 0.15) is 5.56 Å². The summed E-state index contributed by atoms with van der Waals surface area (Å²) in [6.07, 6.45) is 2.53. The van der Waals surface area contributed by atoms with E-state index >= 15 is 0 Å². The van der Waals surface area contributed by atoms with Gasteiger partial charge in [-0.2, -0.15) is 0 Å². The molecule has 0 atom stereocenters. The lowest BCUT2D eigenvalue weighted by Gasteiger charge is -1.99. The zero-order chi connectivity index (χ0) is 13.9. The van der Waals surface area contributed by atoms with Gasteiger partial charge in [-0.05, 0) is 12.5 Å². The third kappa shape index (κ3) is 2.45. The summed E-state index contributed by atoms with van der Waals surface area (Å²) in [5.74, 6) is 0. The lowest BCUT2D eigenvalue weighted by molar-refractivity contribution is -0.441. The first-order valence-electron chi connectivity index (χ1n) is 4.45. The van der Waals surface area contributed by atoms with Gasteiger partial charge in [0.2, 0.25) is 0 Å². The third-order valence-corrected chi connectivity index (χ3v) is 1.98. The van der Waals surface area contributed by atoms with Crippen molar-refractivity contribution in [2.45, 2.75) is 0 Å². The minimum absolute atomic E-state index is 0.0917. The maximum absolute atomic E-state index is 10.7. The third-order valence-electron chi connectivity index (χ3n) is 1.98. The van der Waals surface area contributed by atoms with E-state index in [-0.39, 0.29) is 5.56 Å². The molecule has 9 heteroatoms. The summed E-state index contributed by atoms with van der Waals surface area (Å²) < 4.78 is 0. The van der Waals surface area contributed by atoms with Crippen molar-refractivity contribution in [3.63, 3.8) is 0 Å². The summed E-state index contributed by atoms with van der Waals surface area (Å²) in [5.41, 5.74) is -2.90. The van der Waals surface area contributed by atoms with Crippen LogP contribution in [-0.2, 0) is 0 Å². The van der Waals surface area contributed by atoms with Gasteiger partial charge < -0.3 is 0 Å². The minimum atomic E-state index is -1.14. The topological polar surface area (TPSA) is 129 Å². The number of benzene rings is 1. The molecule has 0 unspecified atom stereocenters. The Hall–Kier alpha value is -2.84. The van der Waals surface area contributed by atoms with Crippen LogP contribution in [0.5, 0.6) is 0 Å². The Morgan fingerprint density at radius 3 is 1.67 bits per heavy atom. The van der Waals surface area contributed by atoms with Crippen molar-refractivity contribution < 1.29 is 14.8 Å². The highest BCUT2D eigenvalue weighted by Gasteiger charge is 2.36. The van der Waals surface area contributed by atoms with Crippen LogP contribution in [0.15, 0.2) is 18.2 Å². The molecule has 1 aromatic rings. The van der Waals surface area contributed by atoms with Crippen LogP contribution in [0.3, 0.4) is 0 Å². The molecule has 1 rings (SSSR count). The van der Waals surface area contributed by atoms with Crippen LogP contribution < -0.4 is 0 Å². The van der Waals surface area contributed by atoms with Crippen LogP contribution in [0.4, 0.5) is 17.1 Å².